The van der Waals surface area contributed by atoms with E-state index in [1.54, 1.807) is 0 Å². The highest BCUT2D eigenvalue weighted by Gasteiger charge is 2.50. The second-order valence-corrected chi connectivity index (χ2v) is 8.82. The molecule has 0 bridgehead atoms. The molecule has 1 spiro atoms. The number of nitrogens with zero attached hydrogens (tertiary/aromatic N) is 2. The molecule has 5 nitrogen and oxygen atoms in total. The van der Waals surface area contributed by atoms with Crippen LogP contribution >= 0.6 is 0 Å². The SMILES string of the molecule is CC(C[C@@H]1c2c3c(nn2CC12CCNCC2)CCC3)S(N)=O. The van der Waals surface area contributed by atoms with Crippen LogP contribution in [0, 0.1) is 5.41 Å². The minimum atomic E-state index is -1.24. The van der Waals surface area contributed by atoms with E-state index < -0.39 is 11.0 Å². The Bertz CT molecular complexity index is 606. The Morgan fingerprint density at radius 2 is 2.23 bits per heavy atom. The number of hydrogen-bond donors (Lipinski definition) is 2. The van der Waals surface area contributed by atoms with Crippen LogP contribution in [0.15, 0.2) is 0 Å². The van der Waals surface area contributed by atoms with E-state index in [-0.39, 0.29) is 5.25 Å². The first-order chi connectivity index (χ1) is 10.6. The van der Waals surface area contributed by atoms with Crippen LogP contribution in [0.3, 0.4) is 0 Å². The molecule has 1 fully saturated rings. The fourth-order valence-corrected chi connectivity index (χ4v) is 5.28. The van der Waals surface area contributed by atoms with Crippen LogP contribution in [-0.4, -0.2) is 32.3 Å². The van der Waals surface area contributed by atoms with E-state index in [1.807, 2.05) is 6.92 Å². The molecule has 0 radical (unpaired) electrons. The molecule has 122 valence electrons. The van der Waals surface area contributed by atoms with E-state index >= 15 is 0 Å². The molecule has 0 aromatic carbocycles. The molecule has 3 aliphatic rings. The number of aryl methyl sites for hydroxylation is 1. The largest absolute Gasteiger partial charge is 0.317 e. The highest BCUT2D eigenvalue weighted by molar-refractivity contribution is 7.83. The summed E-state index contributed by atoms with van der Waals surface area (Å²) in [5.74, 6) is 0.478. The van der Waals surface area contributed by atoms with Crippen LogP contribution in [0.5, 0.6) is 0 Å². The normalized spacial score (nSPS) is 28.5. The molecule has 3 atom stereocenters. The number of hydrogen-bond acceptors (Lipinski definition) is 3. The summed E-state index contributed by atoms with van der Waals surface area (Å²) < 4.78 is 14.0. The third-order valence-electron chi connectivity index (χ3n) is 6.11. The zero-order chi connectivity index (χ0) is 15.3. The monoisotopic (exact) mass is 322 g/mol. The lowest BCUT2D eigenvalue weighted by Crippen LogP contribution is -2.41. The van der Waals surface area contributed by atoms with Gasteiger partial charge in [0.15, 0.2) is 0 Å². The van der Waals surface area contributed by atoms with Gasteiger partial charge in [-0.05, 0) is 64.1 Å². The Kier molecular flexibility index (Phi) is 3.66. The summed E-state index contributed by atoms with van der Waals surface area (Å²) in [6.07, 6.45) is 6.87. The zero-order valence-electron chi connectivity index (χ0n) is 13.3. The second-order valence-electron chi connectivity index (χ2n) is 7.36. The molecule has 4 rings (SSSR count). The van der Waals surface area contributed by atoms with Gasteiger partial charge >= 0.3 is 0 Å². The molecule has 2 aliphatic heterocycles. The summed E-state index contributed by atoms with van der Waals surface area (Å²) in [7, 11) is -1.24. The van der Waals surface area contributed by atoms with E-state index in [1.165, 1.54) is 42.6 Å². The summed E-state index contributed by atoms with van der Waals surface area (Å²) in [6, 6.07) is 0. The van der Waals surface area contributed by atoms with Crippen LogP contribution in [0.1, 0.15) is 55.5 Å². The molecule has 1 saturated heterocycles. The predicted molar refractivity (Wildman–Crippen MR) is 87.9 cm³/mol. The van der Waals surface area contributed by atoms with Crippen molar-refractivity contribution in [3.63, 3.8) is 0 Å². The Balaban J connectivity index is 1.73. The van der Waals surface area contributed by atoms with E-state index in [0.717, 1.165) is 32.5 Å². The van der Waals surface area contributed by atoms with Gasteiger partial charge in [0.2, 0.25) is 0 Å². The molecule has 3 heterocycles. The third-order valence-corrected chi connectivity index (χ3v) is 7.10. The second kappa shape index (κ2) is 5.42. The van der Waals surface area contributed by atoms with Gasteiger partial charge in [0.1, 0.15) is 0 Å². The molecule has 0 amide bonds. The zero-order valence-corrected chi connectivity index (χ0v) is 14.1. The molecule has 6 heteroatoms. The lowest BCUT2D eigenvalue weighted by atomic mass is 9.68. The molecule has 1 aromatic heterocycles. The first-order valence-electron chi connectivity index (χ1n) is 8.55. The van der Waals surface area contributed by atoms with Crippen LogP contribution in [0.4, 0.5) is 0 Å². The summed E-state index contributed by atoms with van der Waals surface area (Å²) in [6.45, 7) is 5.25. The predicted octanol–water partition coefficient (Wildman–Crippen LogP) is 1.24. The van der Waals surface area contributed by atoms with E-state index in [0.29, 0.717) is 11.3 Å². The summed E-state index contributed by atoms with van der Waals surface area (Å²) in [5.41, 5.74) is 4.60. The van der Waals surface area contributed by atoms with Crippen LogP contribution < -0.4 is 10.5 Å². The molecule has 1 aromatic rings. The van der Waals surface area contributed by atoms with Crippen molar-refractivity contribution in [2.24, 2.45) is 10.6 Å². The van der Waals surface area contributed by atoms with Crippen molar-refractivity contribution < 1.29 is 4.21 Å². The number of rotatable bonds is 3. The average molecular weight is 322 g/mol. The van der Waals surface area contributed by atoms with Gasteiger partial charge in [-0.3, -0.25) is 9.82 Å². The molecule has 3 N–H and O–H groups in total. The standard InChI is InChI=1S/C16H26N4OS/c1-11(22(17)21)9-13-15-12-3-2-4-14(12)19-20(15)10-16(13)5-7-18-8-6-16/h11,13,18H,2-10,17H2,1H3/t11?,13-,22?/m1/s1. The van der Waals surface area contributed by atoms with Gasteiger partial charge in [0.05, 0.1) is 16.7 Å². The van der Waals surface area contributed by atoms with E-state index in [9.17, 15) is 4.21 Å². The van der Waals surface area contributed by atoms with Crippen molar-refractivity contribution in [1.82, 2.24) is 15.1 Å². The van der Waals surface area contributed by atoms with E-state index in [2.05, 4.69) is 10.00 Å². The molecule has 0 saturated carbocycles. The number of fused-ring (bicyclic) bond motifs is 3. The Morgan fingerprint density at radius 3 is 2.95 bits per heavy atom. The van der Waals surface area contributed by atoms with Gasteiger partial charge in [-0.1, -0.05) is 0 Å². The van der Waals surface area contributed by atoms with Gasteiger partial charge in [0.25, 0.3) is 0 Å². The maximum Gasteiger partial charge on any atom is 0.0917 e. The third kappa shape index (κ3) is 2.19. The molecule has 2 unspecified atom stereocenters. The van der Waals surface area contributed by atoms with Gasteiger partial charge < -0.3 is 5.32 Å². The number of nitrogens with one attached hydrogen (secondary N) is 1. The minimum absolute atomic E-state index is 0.0512. The van der Waals surface area contributed by atoms with Crippen LogP contribution in [0.25, 0.3) is 0 Å². The maximum atomic E-state index is 11.7. The van der Waals surface area contributed by atoms with Crippen molar-refractivity contribution >= 4 is 11.0 Å². The van der Waals surface area contributed by atoms with Gasteiger partial charge in [0, 0.05) is 28.8 Å². The Labute approximate surface area is 134 Å². The highest BCUT2D eigenvalue weighted by atomic mass is 32.2. The topological polar surface area (TPSA) is 72.9 Å². The average Bonchev–Trinajstić information content (AvgIpc) is 3.12. The molecular formula is C16H26N4OS. The Hall–Kier alpha value is -0.720. The number of piperidine rings is 1. The lowest BCUT2D eigenvalue weighted by molar-refractivity contribution is 0.150. The summed E-state index contributed by atoms with van der Waals surface area (Å²) in [5, 5.41) is 14.1. The number of nitrogens with two attached hydrogens (primary N) is 1. The minimum Gasteiger partial charge on any atom is -0.317 e. The smallest absolute Gasteiger partial charge is 0.0917 e. The van der Waals surface area contributed by atoms with Crippen molar-refractivity contribution in [2.75, 3.05) is 13.1 Å². The fraction of sp³-hybridized carbons (Fsp3) is 0.812. The van der Waals surface area contributed by atoms with Crippen molar-refractivity contribution in [3.05, 3.63) is 17.0 Å². The van der Waals surface area contributed by atoms with E-state index in [4.69, 9.17) is 10.2 Å². The maximum absolute atomic E-state index is 11.7. The van der Waals surface area contributed by atoms with Crippen molar-refractivity contribution in [3.8, 4) is 0 Å². The van der Waals surface area contributed by atoms with Gasteiger partial charge in [-0.15, -0.1) is 0 Å². The first kappa shape index (κ1) is 14.8. The van der Waals surface area contributed by atoms with Gasteiger partial charge in [-0.2, -0.15) is 5.10 Å². The highest BCUT2D eigenvalue weighted by Crippen LogP contribution is 2.54. The summed E-state index contributed by atoms with van der Waals surface area (Å²) in [4.78, 5) is 0. The van der Waals surface area contributed by atoms with Gasteiger partial charge in [-0.25, -0.2) is 4.21 Å². The fourth-order valence-electron chi connectivity index (χ4n) is 4.90. The summed E-state index contributed by atoms with van der Waals surface area (Å²) >= 11 is 0. The van der Waals surface area contributed by atoms with Crippen molar-refractivity contribution in [1.29, 1.82) is 0 Å². The molecular weight excluding hydrogens is 296 g/mol. The van der Waals surface area contributed by atoms with Crippen LogP contribution in [0.2, 0.25) is 0 Å². The number of aromatic nitrogens is 2. The van der Waals surface area contributed by atoms with Crippen molar-refractivity contribution in [2.45, 2.75) is 63.2 Å². The van der Waals surface area contributed by atoms with Crippen LogP contribution in [-0.2, 0) is 30.4 Å². The molecule has 1 aliphatic carbocycles. The quantitative estimate of drug-likeness (QED) is 0.879. The lowest BCUT2D eigenvalue weighted by Gasteiger charge is -2.39. The Morgan fingerprint density at radius 1 is 1.45 bits per heavy atom. The first-order valence-corrected chi connectivity index (χ1v) is 9.82. The molecule has 22 heavy (non-hydrogen) atoms.